The van der Waals surface area contributed by atoms with E-state index < -0.39 is 88.4 Å². The van der Waals surface area contributed by atoms with Gasteiger partial charge in [-0.1, -0.05) is 0 Å². The fourth-order valence-corrected chi connectivity index (χ4v) is 7.44. The molecule has 6 aromatic carbocycles. The van der Waals surface area contributed by atoms with Gasteiger partial charge in [-0.15, -0.1) is 0 Å². The Morgan fingerprint density at radius 2 is 0.913 bits per heavy atom. The molecular formula is C28H14N2O13S3. The van der Waals surface area contributed by atoms with E-state index in [1.807, 2.05) is 0 Å². The van der Waals surface area contributed by atoms with Crippen molar-refractivity contribution in [3.63, 3.8) is 0 Å². The number of benzene rings is 6. The van der Waals surface area contributed by atoms with Crippen LogP contribution in [0.25, 0.3) is 65.2 Å². The Bertz CT molecular complexity index is 3190. The molecule has 5 N–H and O–H groups in total. The highest BCUT2D eigenvalue weighted by Gasteiger charge is 2.25. The van der Waals surface area contributed by atoms with Crippen LogP contribution in [0.3, 0.4) is 0 Å². The zero-order valence-electron chi connectivity index (χ0n) is 22.3. The van der Waals surface area contributed by atoms with Crippen LogP contribution in [0.2, 0.25) is 0 Å². The van der Waals surface area contributed by atoms with Gasteiger partial charge in [0.05, 0.1) is 42.6 Å². The molecule has 0 fully saturated rings. The fourth-order valence-electron chi connectivity index (χ4n) is 5.75. The highest BCUT2D eigenvalue weighted by Crippen LogP contribution is 2.31. The van der Waals surface area contributed by atoms with Crippen molar-refractivity contribution >= 4 is 95.5 Å². The Morgan fingerprint density at radius 1 is 0.435 bits per heavy atom. The fraction of sp³-hybridized carbons (Fsp3) is 0. The van der Waals surface area contributed by atoms with Crippen molar-refractivity contribution in [1.82, 2.24) is 9.97 Å². The van der Waals surface area contributed by atoms with Gasteiger partial charge in [0.15, 0.2) is 21.7 Å². The van der Waals surface area contributed by atoms with E-state index in [0.29, 0.717) is 0 Å². The molecule has 0 aliphatic heterocycles. The van der Waals surface area contributed by atoms with E-state index in [1.54, 1.807) is 0 Å². The van der Waals surface area contributed by atoms with E-state index in [-0.39, 0.29) is 43.5 Å². The Labute approximate surface area is 253 Å². The second-order valence-electron chi connectivity index (χ2n) is 10.4. The third-order valence-corrected chi connectivity index (χ3v) is 10.4. The van der Waals surface area contributed by atoms with Crippen molar-refractivity contribution in [2.45, 2.75) is 14.7 Å². The first-order valence-corrected chi connectivity index (χ1v) is 17.0. The molecule has 7 rings (SSSR count). The summed E-state index contributed by atoms with van der Waals surface area (Å²) in [5.41, 5.74) is -4.58. The second-order valence-corrected chi connectivity index (χ2v) is 14.6. The molecule has 0 amide bonds. The van der Waals surface area contributed by atoms with Gasteiger partial charge < -0.3 is 9.97 Å². The van der Waals surface area contributed by atoms with Crippen LogP contribution in [-0.4, -0.2) is 48.9 Å². The van der Waals surface area contributed by atoms with Crippen LogP contribution >= 0.6 is 0 Å². The third-order valence-electron chi connectivity index (χ3n) is 7.78. The van der Waals surface area contributed by atoms with Gasteiger partial charge in [-0.05, 0) is 54.6 Å². The van der Waals surface area contributed by atoms with Crippen LogP contribution in [0.15, 0.2) is 88.5 Å². The molecule has 46 heavy (non-hydrogen) atoms. The van der Waals surface area contributed by atoms with Crippen LogP contribution in [-0.2, 0) is 30.4 Å². The molecule has 0 aliphatic carbocycles. The summed E-state index contributed by atoms with van der Waals surface area (Å²) in [6.45, 7) is 0. The molecule has 0 unspecified atom stereocenters. The van der Waals surface area contributed by atoms with Crippen LogP contribution in [0.1, 0.15) is 0 Å². The number of aromatic nitrogens is 2. The lowest BCUT2D eigenvalue weighted by molar-refractivity contribution is 0.481. The summed E-state index contributed by atoms with van der Waals surface area (Å²) in [6.07, 6.45) is 0. The summed E-state index contributed by atoms with van der Waals surface area (Å²) >= 11 is 0. The maximum absolute atomic E-state index is 13.8. The van der Waals surface area contributed by atoms with E-state index in [2.05, 4.69) is 9.97 Å². The van der Waals surface area contributed by atoms with E-state index >= 15 is 0 Å². The van der Waals surface area contributed by atoms with E-state index in [0.717, 1.165) is 42.5 Å². The van der Waals surface area contributed by atoms with E-state index in [1.165, 1.54) is 12.1 Å². The molecule has 15 nitrogen and oxygen atoms in total. The summed E-state index contributed by atoms with van der Waals surface area (Å²) < 4.78 is 101. The van der Waals surface area contributed by atoms with Gasteiger partial charge in [0.2, 0.25) is 0 Å². The summed E-state index contributed by atoms with van der Waals surface area (Å²) in [5.74, 6) is 0. The zero-order chi connectivity index (χ0) is 33.2. The predicted molar refractivity (Wildman–Crippen MR) is 166 cm³/mol. The van der Waals surface area contributed by atoms with Crippen molar-refractivity contribution < 1.29 is 38.9 Å². The average molecular weight is 683 g/mol. The number of hydrogen-bond acceptors (Lipinski definition) is 10. The Kier molecular flexibility index (Phi) is 5.93. The Hall–Kier alpha value is -5.11. The standard InChI is InChI=1S/C28H14N2O13S3/c31-25-12-3-1-10(44(35,36)37)7-15(12)27(33)20-14(25)5-6-18-22(20)30-23-19(46(41,42)43)9-17-21(24(23)29-18)28(34)16-8-11(45(38,39)40)2-4-13(16)26(17)32/h1-9,29-30H,(H,35,36,37)(H,38,39,40)(H,41,42,43). The SMILES string of the molecule is O=c1c2ccc(S(=O)(=O)O)cc2c(=O)c2c1ccc1[nH]c3c([nH]c12)c(S(=O)(=O)O)cc1c(=O)c2ccc(S(=O)(=O)O)cc2c(=O)c13. The molecular weight excluding hydrogens is 669 g/mol. The Balaban J connectivity index is 1.73. The van der Waals surface area contributed by atoms with Crippen LogP contribution in [0.4, 0.5) is 0 Å². The van der Waals surface area contributed by atoms with Crippen molar-refractivity contribution in [2.75, 3.05) is 0 Å². The van der Waals surface area contributed by atoms with Crippen molar-refractivity contribution in [3.8, 4) is 0 Å². The van der Waals surface area contributed by atoms with E-state index in [4.69, 9.17) is 0 Å². The summed E-state index contributed by atoms with van der Waals surface area (Å²) in [4.78, 5) is 57.6. The molecule has 0 saturated heterocycles. The lowest BCUT2D eigenvalue weighted by atomic mass is 9.99. The average Bonchev–Trinajstić information content (AvgIpc) is 2.98. The summed E-state index contributed by atoms with van der Waals surface area (Å²) in [7, 11) is -14.7. The van der Waals surface area contributed by atoms with Gasteiger partial charge in [-0.25, -0.2) is 0 Å². The minimum absolute atomic E-state index is 0.0193. The highest BCUT2D eigenvalue weighted by atomic mass is 32.2. The number of aromatic amines is 2. The molecule has 0 aliphatic rings. The highest BCUT2D eigenvalue weighted by molar-refractivity contribution is 7.86. The number of H-pyrrole nitrogens is 2. The number of hydrogen-bond donors (Lipinski definition) is 5. The summed E-state index contributed by atoms with van der Waals surface area (Å²) in [5, 5.41) is -2.72. The quantitative estimate of drug-likeness (QED) is 0.101. The smallest absolute Gasteiger partial charge is 0.296 e. The monoisotopic (exact) mass is 682 g/mol. The van der Waals surface area contributed by atoms with Crippen LogP contribution in [0.5, 0.6) is 0 Å². The molecule has 7 aromatic rings. The van der Waals surface area contributed by atoms with Gasteiger partial charge in [-0.2, -0.15) is 25.3 Å². The van der Waals surface area contributed by atoms with Crippen molar-refractivity contribution in [1.29, 1.82) is 0 Å². The summed E-state index contributed by atoms with van der Waals surface area (Å²) in [6, 6.07) is 8.69. The maximum atomic E-state index is 13.8. The first-order chi connectivity index (χ1) is 21.4. The molecule has 1 heterocycles. The molecule has 0 atom stereocenters. The molecule has 0 spiro atoms. The lowest BCUT2D eigenvalue weighted by Gasteiger charge is -2.13. The number of fused-ring (bicyclic) bond motifs is 8. The van der Waals surface area contributed by atoms with Gasteiger partial charge >= 0.3 is 0 Å². The first-order valence-electron chi connectivity index (χ1n) is 12.7. The predicted octanol–water partition coefficient (Wildman–Crippen LogP) is 1.88. The van der Waals surface area contributed by atoms with E-state index in [9.17, 15) is 58.1 Å². The molecule has 0 bridgehead atoms. The van der Waals surface area contributed by atoms with Crippen molar-refractivity contribution in [3.05, 3.63) is 95.5 Å². The van der Waals surface area contributed by atoms with Crippen LogP contribution in [0, 0.1) is 0 Å². The van der Waals surface area contributed by atoms with Gasteiger partial charge in [0.1, 0.15) is 4.90 Å². The first kappa shape index (κ1) is 29.6. The van der Waals surface area contributed by atoms with Crippen molar-refractivity contribution in [2.24, 2.45) is 0 Å². The topological polar surface area (TPSA) is 263 Å². The molecule has 232 valence electrons. The number of rotatable bonds is 3. The molecule has 0 radical (unpaired) electrons. The minimum atomic E-state index is -5.17. The maximum Gasteiger partial charge on any atom is 0.296 e. The van der Waals surface area contributed by atoms with Gasteiger partial charge in [-0.3, -0.25) is 32.8 Å². The van der Waals surface area contributed by atoms with Crippen LogP contribution < -0.4 is 21.7 Å². The largest absolute Gasteiger partial charge is 0.351 e. The number of nitrogens with one attached hydrogen (secondary N) is 2. The lowest BCUT2D eigenvalue weighted by Crippen LogP contribution is -2.17. The second kappa shape index (κ2) is 9.22. The Morgan fingerprint density at radius 3 is 1.41 bits per heavy atom. The normalized spacial score (nSPS) is 13.1. The molecule has 18 heteroatoms. The van der Waals surface area contributed by atoms with Gasteiger partial charge in [0, 0.05) is 32.3 Å². The third kappa shape index (κ3) is 4.16. The molecule has 1 aromatic heterocycles. The van der Waals surface area contributed by atoms with Gasteiger partial charge in [0.25, 0.3) is 30.4 Å². The zero-order valence-corrected chi connectivity index (χ0v) is 24.8. The minimum Gasteiger partial charge on any atom is -0.351 e. The molecule has 0 saturated carbocycles.